The van der Waals surface area contributed by atoms with Gasteiger partial charge in [-0.15, -0.1) is 0 Å². The highest BCUT2D eigenvalue weighted by atomic mass is 19.1. The second-order valence-electron chi connectivity index (χ2n) is 6.77. The fourth-order valence-electron chi connectivity index (χ4n) is 4.01. The van der Waals surface area contributed by atoms with Gasteiger partial charge < -0.3 is 10.5 Å². The van der Waals surface area contributed by atoms with E-state index >= 15 is 0 Å². The van der Waals surface area contributed by atoms with Crippen molar-refractivity contribution < 1.29 is 9.13 Å². The number of nitrogens with zero attached hydrogens (tertiary/aromatic N) is 1. The van der Waals surface area contributed by atoms with Crippen molar-refractivity contribution in [1.82, 2.24) is 4.90 Å². The molecule has 4 unspecified atom stereocenters. The van der Waals surface area contributed by atoms with Crippen LogP contribution in [0.5, 0.6) is 5.75 Å². The minimum atomic E-state index is -0.182. The summed E-state index contributed by atoms with van der Waals surface area (Å²) in [5.41, 5.74) is 6.96. The van der Waals surface area contributed by atoms with E-state index in [2.05, 4.69) is 18.7 Å². The predicted molar refractivity (Wildman–Crippen MR) is 81.9 cm³/mol. The van der Waals surface area contributed by atoms with Crippen molar-refractivity contribution in [2.75, 3.05) is 19.6 Å². The van der Waals surface area contributed by atoms with E-state index in [0.29, 0.717) is 24.4 Å². The quantitative estimate of drug-likeness (QED) is 0.930. The summed E-state index contributed by atoms with van der Waals surface area (Å²) < 4.78 is 19.3. The first-order valence-corrected chi connectivity index (χ1v) is 7.96. The molecule has 0 saturated carbocycles. The minimum Gasteiger partial charge on any atom is -0.488 e. The molecule has 21 heavy (non-hydrogen) atoms. The molecule has 0 aliphatic carbocycles. The molecule has 0 amide bonds. The summed E-state index contributed by atoms with van der Waals surface area (Å²) in [6.45, 7) is 7.25. The lowest BCUT2D eigenvalue weighted by atomic mass is 9.85. The molecule has 0 spiro atoms. The molecule has 1 saturated heterocycles. The van der Waals surface area contributed by atoms with Crippen LogP contribution in [-0.2, 0) is 6.42 Å². The number of halogens is 1. The maximum Gasteiger partial charge on any atom is 0.123 e. The molecule has 1 aromatic rings. The number of nitrogens with two attached hydrogens (primary N) is 1. The lowest BCUT2D eigenvalue weighted by Crippen LogP contribution is -2.53. The molecule has 2 N–H and O–H groups in total. The first-order valence-electron chi connectivity index (χ1n) is 7.96. The topological polar surface area (TPSA) is 38.5 Å². The Balaban J connectivity index is 1.67. The Morgan fingerprint density at radius 3 is 2.95 bits per heavy atom. The summed E-state index contributed by atoms with van der Waals surface area (Å²) in [5, 5.41) is 0. The molecule has 116 valence electrons. The van der Waals surface area contributed by atoms with Crippen LogP contribution < -0.4 is 10.5 Å². The Kier molecular flexibility index (Phi) is 4.18. The number of hydrogen-bond acceptors (Lipinski definition) is 3. The van der Waals surface area contributed by atoms with Gasteiger partial charge in [0.1, 0.15) is 17.7 Å². The molecule has 1 aromatic carbocycles. The van der Waals surface area contributed by atoms with Crippen LogP contribution >= 0.6 is 0 Å². The second kappa shape index (κ2) is 5.93. The highest BCUT2D eigenvalue weighted by molar-refractivity contribution is 5.38. The number of benzene rings is 1. The van der Waals surface area contributed by atoms with E-state index in [1.807, 2.05) is 0 Å². The van der Waals surface area contributed by atoms with Gasteiger partial charge >= 0.3 is 0 Å². The van der Waals surface area contributed by atoms with E-state index in [1.165, 1.54) is 12.5 Å². The summed E-state index contributed by atoms with van der Waals surface area (Å²) in [6.07, 6.45) is 2.16. The number of rotatable bonds is 3. The molecular weight excluding hydrogens is 267 g/mol. The van der Waals surface area contributed by atoms with Gasteiger partial charge in [0.25, 0.3) is 0 Å². The number of hydrogen-bond donors (Lipinski definition) is 1. The van der Waals surface area contributed by atoms with Crippen molar-refractivity contribution in [3.8, 4) is 5.75 Å². The Bertz CT molecular complexity index is 508. The van der Waals surface area contributed by atoms with E-state index < -0.39 is 0 Å². The first kappa shape index (κ1) is 14.8. The van der Waals surface area contributed by atoms with Gasteiger partial charge in [0.15, 0.2) is 0 Å². The summed E-state index contributed by atoms with van der Waals surface area (Å²) in [5.74, 6) is 1.98. The van der Waals surface area contributed by atoms with Gasteiger partial charge in [-0.25, -0.2) is 4.39 Å². The largest absolute Gasteiger partial charge is 0.488 e. The Labute approximate surface area is 126 Å². The Morgan fingerprint density at radius 2 is 2.19 bits per heavy atom. The molecule has 1 fully saturated rings. The normalized spacial score (nSPS) is 32.8. The molecule has 0 bridgehead atoms. The maximum atomic E-state index is 13.3. The van der Waals surface area contributed by atoms with Crippen LogP contribution in [0, 0.1) is 17.7 Å². The minimum absolute atomic E-state index is 0.119. The summed E-state index contributed by atoms with van der Waals surface area (Å²) in [7, 11) is 0. The predicted octanol–water partition coefficient (Wildman–Crippen LogP) is 2.43. The van der Waals surface area contributed by atoms with Crippen molar-refractivity contribution >= 4 is 0 Å². The fourth-order valence-corrected chi connectivity index (χ4v) is 4.01. The molecule has 4 atom stereocenters. The van der Waals surface area contributed by atoms with E-state index in [-0.39, 0.29) is 11.9 Å². The average Bonchev–Trinajstić information content (AvgIpc) is 2.79. The van der Waals surface area contributed by atoms with Gasteiger partial charge in [0.2, 0.25) is 0 Å². The summed E-state index contributed by atoms with van der Waals surface area (Å²) >= 11 is 0. The maximum absolute atomic E-state index is 13.3. The molecule has 2 aliphatic heterocycles. The van der Waals surface area contributed by atoms with Crippen LogP contribution in [0.25, 0.3) is 0 Å². The standard InChI is InChI=1S/C17H25FN2O/c1-11-5-12(2)16(8-19)20(9-11)10-15-7-13-6-14(18)3-4-17(13)21-15/h3-4,6,11-12,15-16H,5,7-10,19H2,1-2H3. The van der Waals surface area contributed by atoms with Gasteiger partial charge in [-0.2, -0.15) is 0 Å². The third kappa shape index (κ3) is 3.06. The zero-order valence-electron chi connectivity index (χ0n) is 12.9. The molecule has 2 heterocycles. The van der Waals surface area contributed by atoms with Crippen LogP contribution in [0.15, 0.2) is 18.2 Å². The lowest BCUT2D eigenvalue weighted by molar-refractivity contribution is 0.0416. The zero-order chi connectivity index (χ0) is 15.0. The van der Waals surface area contributed by atoms with E-state index in [4.69, 9.17) is 10.5 Å². The van der Waals surface area contributed by atoms with E-state index in [9.17, 15) is 4.39 Å². The SMILES string of the molecule is CC1CC(C)C(CN)N(CC2Cc3cc(F)ccc3O2)C1. The number of ether oxygens (including phenoxy) is 1. The molecule has 0 radical (unpaired) electrons. The smallest absolute Gasteiger partial charge is 0.123 e. The molecule has 3 nitrogen and oxygen atoms in total. The van der Waals surface area contributed by atoms with E-state index in [0.717, 1.165) is 30.8 Å². The second-order valence-corrected chi connectivity index (χ2v) is 6.77. The van der Waals surface area contributed by atoms with Gasteiger partial charge in [-0.3, -0.25) is 4.90 Å². The Hall–Kier alpha value is -1.13. The van der Waals surface area contributed by atoms with Crippen LogP contribution in [0.1, 0.15) is 25.8 Å². The van der Waals surface area contributed by atoms with Gasteiger partial charge in [0.05, 0.1) is 0 Å². The summed E-state index contributed by atoms with van der Waals surface area (Å²) in [6, 6.07) is 5.24. The van der Waals surface area contributed by atoms with Crippen LogP contribution in [0.3, 0.4) is 0 Å². The van der Waals surface area contributed by atoms with E-state index in [1.54, 1.807) is 12.1 Å². The van der Waals surface area contributed by atoms with Gasteiger partial charge in [-0.1, -0.05) is 13.8 Å². The molecule has 4 heteroatoms. The van der Waals surface area contributed by atoms with Crippen molar-refractivity contribution in [2.24, 2.45) is 17.6 Å². The van der Waals surface area contributed by atoms with Crippen LogP contribution in [-0.4, -0.2) is 36.7 Å². The van der Waals surface area contributed by atoms with Crippen LogP contribution in [0.4, 0.5) is 4.39 Å². The molecular formula is C17H25FN2O. The van der Waals surface area contributed by atoms with Crippen molar-refractivity contribution in [3.63, 3.8) is 0 Å². The number of piperidine rings is 1. The molecule has 3 rings (SSSR count). The van der Waals surface area contributed by atoms with Crippen molar-refractivity contribution in [1.29, 1.82) is 0 Å². The van der Waals surface area contributed by atoms with Gasteiger partial charge in [-0.05, 0) is 36.5 Å². The van der Waals surface area contributed by atoms with Gasteiger partial charge in [0, 0.05) is 37.7 Å². The molecule has 0 aromatic heterocycles. The zero-order valence-corrected chi connectivity index (χ0v) is 12.9. The summed E-state index contributed by atoms with van der Waals surface area (Å²) in [4.78, 5) is 2.48. The lowest BCUT2D eigenvalue weighted by Gasteiger charge is -2.43. The highest BCUT2D eigenvalue weighted by Gasteiger charge is 2.34. The van der Waals surface area contributed by atoms with Crippen molar-refractivity contribution in [3.05, 3.63) is 29.6 Å². The number of fused-ring (bicyclic) bond motifs is 1. The highest BCUT2D eigenvalue weighted by Crippen LogP contribution is 2.32. The Morgan fingerprint density at radius 1 is 1.38 bits per heavy atom. The van der Waals surface area contributed by atoms with Crippen LogP contribution in [0.2, 0.25) is 0 Å². The fraction of sp³-hybridized carbons (Fsp3) is 0.647. The average molecular weight is 292 g/mol. The molecule has 2 aliphatic rings. The monoisotopic (exact) mass is 292 g/mol. The third-order valence-electron chi connectivity index (χ3n) is 4.89. The first-order chi connectivity index (χ1) is 10.1. The third-order valence-corrected chi connectivity index (χ3v) is 4.89. The van der Waals surface area contributed by atoms with Crippen molar-refractivity contribution in [2.45, 2.75) is 38.8 Å². The number of likely N-dealkylation sites (tertiary alicyclic amines) is 1.